The number of anilines is 1. The van der Waals surface area contributed by atoms with Crippen LogP contribution in [0.25, 0.3) is 11.4 Å². The van der Waals surface area contributed by atoms with Crippen LogP contribution in [0.5, 0.6) is 5.75 Å². The van der Waals surface area contributed by atoms with Crippen molar-refractivity contribution in [1.82, 2.24) is 20.2 Å². The van der Waals surface area contributed by atoms with E-state index >= 15 is 0 Å². The largest absolute Gasteiger partial charge is 0.497 e. The predicted molar refractivity (Wildman–Crippen MR) is 134 cm³/mol. The number of carbonyl (C=O) groups is 1. The van der Waals surface area contributed by atoms with Gasteiger partial charge in [-0.1, -0.05) is 23.9 Å². The van der Waals surface area contributed by atoms with E-state index in [0.717, 1.165) is 35.8 Å². The Morgan fingerprint density at radius 2 is 1.79 bits per heavy atom. The van der Waals surface area contributed by atoms with Crippen molar-refractivity contribution in [2.24, 2.45) is 5.10 Å². The Kier molecular flexibility index (Phi) is 8.88. The highest BCUT2D eigenvalue weighted by molar-refractivity contribution is 7.99. The molecular weight excluding hydrogens is 436 g/mol. The van der Waals surface area contributed by atoms with Gasteiger partial charge in [-0.3, -0.25) is 4.79 Å². The van der Waals surface area contributed by atoms with Crippen molar-refractivity contribution in [3.8, 4) is 17.1 Å². The Morgan fingerprint density at radius 1 is 1.09 bits per heavy atom. The Labute approximate surface area is 199 Å². The summed E-state index contributed by atoms with van der Waals surface area (Å²) >= 11 is 1.33. The molecule has 2 aromatic carbocycles. The number of ether oxygens (including phenoxy) is 1. The molecule has 33 heavy (non-hydrogen) atoms. The van der Waals surface area contributed by atoms with Crippen molar-refractivity contribution in [1.29, 1.82) is 0 Å². The molecule has 0 atom stereocenters. The smallest absolute Gasteiger partial charge is 0.250 e. The molecule has 1 heterocycles. The van der Waals surface area contributed by atoms with Gasteiger partial charge in [0.1, 0.15) is 5.75 Å². The van der Waals surface area contributed by atoms with E-state index in [0.29, 0.717) is 11.7 Å². The molecule has 3 aromatic rings. The molecule has 1 aromatic heterocycles. The normalized spacial score (nSPS) is 11.0. The van der Waals surface area contributed by atoms with Gasteiger partial charge in [-0.25, -0.2) is 5.43 Å². The van der Waals surface area contributed by atoms with E-state index in [4.69, 9.17) is 4.74 Å². The summed E-state index contributed by atoms with van der Waals surface area (Å²) in [4.78, 5) is 14.5. The average Bonchev–Trinajstić information content (AvgIpc) is 3.27. The molecule has 3 rings (SSSR count). The zero-order valence-electron chi connectivity index (χ0n) is 19.5. The number of carbonyl (C=O) groups excluding carboxylic acids is 1. The minimum atomic E-state index is -0.201. The third-order valence-corrected chi connectivity index (χ3v) is 6.10. The third-order valence-electron chi connectivity index (χ3n) is 5.14. The lowest BCUT2D eigenvalue weighted by molar-refractivity contribution is -0.118. The van der Waals surface area contributed by atoms with Crippen LogP contribution in [0.15, 0.2) is 58.8 Å². The molecular formula is C24H30N6O2S. The molecule has 0 fully saturated rings. The van der Waals surface area contributed by atoms with Crippen molar-refractivity contribution in [3.05, 3.63) is 54.1 Å². The van der Waals surface area contributed by atoms with Crippen LogP contribution in [0.1, 0.15) is 26.3 Å². The summed E-state index contributed by atoms with van der Waals surface area (Å²) < 4.78 is 7.20. The minimum Gasteiger partial charge on any atom is -0.497 e. The van der Waals surface area contributed by atoms with Gasteiger partial charge < -0.3 is 14.2 Å². The second-order valence-electron chi connectivity index (χ2n) is 7.12. The molecule has 0 unspecified atom stereocenters. The lowest BCUT2D eigenvalue weighted by Crippen LogP contribution is -2.21. The number of methoxy groups -OCH3 is 1. The fraction of sp³-hybridized carbons (Fsp3) is 0.333. The molecule has 174 valence electrons. The number of aromatic nitrogens is 3. The fourth-order valence-corrected chi connectivity index (χ4v) is 4.13. The summed E-state index contributed by atoms with van der Waals surface area (Å²) in [5.41, 5.74) is 5.62. The van der Waals surface area contributed by atoms with Gasteiger partial charge in [-0.2, -0.15) is 5.10 Å². The standard InChI is InChI=1S/C24H30N6O2S/c1-5-29(6-2)20-12-8-18(9-13-20)16-25-26-22(31)17-33-24-28-27-23(30(24)7-3)19-10-14-21(32-4)15-11-19/h8-16H,5-7,17H2,1-4H3,(H,26,31). The molecule has 0 saturated carbocycles. The van der Waals surface area contributed by atoms with Crippen molar-refractivity contribution in [3.63, 3.8) is 0 Å². The number of amides is 1. The molecule has 1 amide bonds. The molecule has 0 radical (unpaired) electrons. The maximum Gasteiger partial charge on any atom is 0.250 e. The van der Waals surface area contributed by atoms with Crippen LogP contribution >= 0.6 is 11.8 Å². The van der Waals surface area contributed by atoms with Crippen LogP contribution in [-0.2, 0) is 11.3 Å². The highest BCUT2D eigenvalue weighted by Gasteiger charge is 2.14. The monoisotopic (exact) mass is 466 g/mol. The summed E-state index contributed by atoms with van der Waals surface area (Å²) in [6.45, 7) is 8.91. The van der Waals surface area contributed by atoms with Gasteiger partial charge in [0.15, 0.2) is 11.0 Å². The zero-order chi connectivity index (χ0) is 23.6. The lowest BCUT2D eigenvalue weighted by atomic mass is 10.2. The second kappa shape index (κ2) is 12.1. The fourth-order valence-electron chi connectivity index (χ4n) is 3.34. The number of hydrazone groups is 1. The van der Waals surface area contributed by atoms with E-state index < -0.39 is 0 Å². The first-order chi connectivity index (χ1) is 16.1. The first-order valence-corrected chi connectivity index (χ1v) is 11.9. The number of rotatable bonds is 11. The van der Waals surface area contributed by atoms with Crippen LogP contribution in [0.2, 0.25) is 0 Å². The van der Waals surface area contributed by atoms with E-state index in [-0.39, 0.29) is 11.7 Å². The Hall–Kier alpha value is -3.33. The first kappa shape index (κ1) is 24.3. The van der Waals surface area contributed by atoms with Crippen molar-refractivity contribution < 1.29 is 9.53 Å². The second-order valence-corrected chi connectivity index (χ2v) is 8.07. The van der Waals surface area contributed by atoms with E-state index in [1.807, 2.05) is 47.9 Å². The molecule has 0 aliphatic heterocycles. The van der Waals surface area contributed by atoms with Gasteiger partial charge in [-0.15, -0.1) is 10.2 Å². The highest BCUT2D eigenvalue weighted by atomic mass is 32.2. The SMILES string of the molecule is CCN(CC)c1ccc(C=NNC(=O)CSc2nnc(-c3ccc(OC)cc3)n2CC)cc1. The number of benzene rings is 2. The summed E-state index contributed by atoms with van der Waals surface area (Å²) in [6, 6.07) is 15.8. The van der Waals surface area contributed by atoms with Gasteiger partial charge in [0.2, 0.25) is 0 Å². The number of nitrogens with zero attached hydrogens (tertiary/aromatic N) is 5. The Bertz CT molecular complexity index is 1060. The first-order valence-electron chi connectivity index (χ1n) is 11.0. The molecule has 1 N–H and O–H groups in total. The molecule has 0 bridgehead atoms. The summed E-state index contributed by atoms with van der Waals surface area (Å²) in [5.74, 6) is 1.54. The van der Waals surface area contributed by atoms with Crippen LogP contribution in [0.3, 0.4) is 0 Å². The Balaban J connectivity index is 1.55. The van der Waals surface area contributed by atoms with Crippen LogP contribution < -0.4 is 15.1 Å². The van der Waals surface area contributed by atoms with Gasteiger partial charge in [0, 0.05) is 30.9 Å². The lowest BCUT2D eigenvalue weighted by Gasteiger charge is -2.20. The van der Waals surface area contributed by atoms with Crippen molar-refractivity contribution in [2.75, 3.05) is 30.9 Å². The number of thioether (sulfide) groups is 1. The Morgan fingerprint density at radius 3 is 2.39 bits per heavy atom. The van der Waals surface area contributed by atoms with Gasteiger partial charge in [0.05, 0.1) is 19.1 Å². The quantitative estimate of drug-likeness (QED) is 0.261. The van der Waals surface area contributed by atoms with Gasteiger partial charge in [-0.05, 0) is 62.7 Å². The van der Waals surface area contributed by atoms with Gasteiger partial charge >= 0.3 is 0 Å². The number of hydrogen-bond acceptors (Lipinski definition) is 7. The van der Waals surface area contributed by atoms with Crippen LogP contribution in [0, 0.1) is 0 Å². The number of nitrogens with one attached hydrogen (secondary N) is 1. The van der Waals surface area contributed by atoms with Crippen LogP contribution in [-0.4, -0.2) is 52.8 Å². The van der Waals surface area contributed by atoms with E-state index in [1.165, 1.54) is 17.4 Å². The maximum atomic E-state index is 12.3. The molecule has 0 aliphatic rings. The van der Waals surface area contributed by atoms with Crippen LogP contribution in [0.4, 0.5) is 5.69 Å². The molecule has 0 saturated heterocycles. The number of hydrogen-bond donors (Lipinski definition) is 1. The van der Waals surface area contributed by atoms with E-state index in [2.05, 4.69) is 51.6 Å². The predicted octanol–water partition coefficient (Wildman–Crippen LogP) is 4.06. The summed E-state index contributed by atoms with van der Waals surface area (Å²) in [6.07, 6.45) is 1.64. The minimum absolute atomic E-state index is 0.193. The van der Waals surface area contributed by atoms with E-state index in [1.54, 1.807) is 13.3 Å². The zero-order valence-corrected chi connectivity index (χ0v) is 20.3. The highest BCUT2D eigenvalue weighted by Crippen LogP contribution is 2.25. The van der Waals surface area contributed by atoms with Crippen molar-refractivity contribution >= 4 is 29.6 Å². The van der Waals surface area contributed by atoms with Gasteiger partial charge in [0.25, 0.3) is 5.91 Å². The molecule has 0 aliphatic carbocycles. The van der Waals surface area contributed by atoms with Crippen molar-refractivity contribution in [2.45, 2.75) is 32.5 Å². The van der Waals surface area contributed by atoms with E-state index in [9.17, 15) is 4.79 Å². The summed E-state index contributed by atoms with van der Waals surface area (Å²) in [5, 5.41) is 13.3. The molecule has 9 heteroatoms. The maximum absolute atomic E-state index is 12.3. The topological polar surface area (TPSA) is 84.6 Å². The molecule has 0 spiro atoms. The third kappa shape index (κ3) is 6.35. The average molecular weight is 467 g/mol. The molecule has 8 nitrogen and oxygen atoms in total. The summed E-state index contributed by atoms with van der Waals surface area (Å²) in [7, 11) is 1.64.